The smallest absolute Gasteiger partial charge is 0.407 e. The van der Waals surface area contributed by atoms with E-state index in [0.717, 1.165) is 19.3 Å². The number of alkyl carbamates (subject to hydrolysis) is 1. The zero-order valence-corrected chi connectivity index (χ0v) is 19.6. The minimum absolute atomic E-state index is 0.0140. The van der Waals surface area contributed by atoms with E-state index in [1.165, 1.54) is 22.3 Å². The molecular weight excluding hydrogens is 444 g/mol. The molecule has 182 valence electrons. The summed E-state index contributed by atoms with van der Waals surface area (Å²) in [4.78, 5) is 39.0. The number of ether oxygens (including phenoxy) is 1. The maximum Gasteiger partial charge on any atom is 0.407 e. The average Bonchev–Trinajstić information content (AvgIpc) is 3.60. The zero-order chi connectivity index (χ0) is 24.1. The first-order valence-electron chi connectivity index (χ1n) is 12.6. The third-order valence-corrected chi connectivity index (χ3v) is 8.47. The number of carboxylic acids is 1. The normalized spacial score (nSPS) is 28.2. The molecule has 2 aliphatic heterocycles. The summed E-state index contributed by atoms with van der Waals surface area (Å²) < 4.78 is 5.60. The van der Waals surface area contributed by atoms with Gasteiger partial charge in [-0.15, -0.1) is 0 Å². The maximum atomic E-state index is 13.1. The fraction of sp³-hybridized carbons (Fsp3) is 0.464. The number of benzene rings is 2. The lowest BCUT2D eigenvalue weighted by Gasteiger charge is -2.48. The molecular formula is C28H30N2O5. The Morgan fingerprint density at radius 1 is 0.943 bits per heavy atom. The highest BCUT2D eigenvalue weighted by molar-refractivity contribution is 5.84. The van der Waals surface area contributed by atoms with Gasteiger partial charge in [0.15, 0.2) is 0 Å². The number of nitrogens with zero attached hydrogens (tertiary/aromatic N) is 1. The average molecular weight is 475 g/mol. The summed E-state index contributed by atoms with van der Waals surface area (Å²) >= 11 is 0. The van der Waals surface area contributed by atoms with Gasteiger partial charge in [0.1, 0.15) is 6.61 Å². The Balaban J connectivity index is 1.01. The lowest BCUT2D eigenvalue weighted by Crippen LogP contribution is -2.57. The number of nitrogens with one attached hydrogen (secondary N) is 1. The minimum Gasteiger partial charge on any atom is -0.481 e. The van der Waals surface area contributed by atoms with Gasteiger partial charge in [-0.25, -0.2) is 4.79 Å². The second-order valence-electron chi connectivity index (χ2n) is 10.5. The van der Waals surface area contributed by atoms with Crippen LogP contribution in [0.2, 0.25) is 0 Å². The Hall–Kier alpha value is -3.35. The van der Waals surface area contributed by atoms with Crippen LogP contribution in [0.1, 0.15) is 42.7 Å². The molecule has 7 heteroatoms. The number of rotatable bonds is 6. The van der Waals surface area contributed by atoms with Crippen LogP contribution in [-0.2, 0) is 14.3 Å². The summed E-state index contributed by atoms with van der Waals surface area (Å²) in [5, 5.41) is 12.4. The monoisotopic (exact) mass is 474 g/mol. The summed E-state index contributed by atoms with van der Waals surface area (Å²) in [6, 6.07) is 16.3. The molecule has 2 heterocycles. The van der Waals surface area contributed by atoms with E-state index >= 15 is 0 Å². The lowest BCUT2D eigenvalue weighted by atomic mass is 9.72. The largest absolute Gasteiger partial charge is 0.481 e. The number of hydrogen-bond acceptors (Lipinski definition) is 4. The highest BCUT2D eigenvalue weighted by Gasteiger charge is 2.51. The van der Waals surface area contributed by atoms with Crippen molar-refractivity contribution in [3.8, 4) is 11.1 Å². The summed E-state index contributed by atoms with van der Waals surface area (Å²) in [6.07, 6.45) is 2.74. The Labute approximate surface area is 204 Å². The van der Waals surface area contributed by atoms with Crippen LogP contribution >= 0.6 is 0 Å². The Kier molecular flexibility index (Phi) is 5.50. The van der Waals surface area contributed by atoms with E-state index in [9.17, 15) is 19.5 Å². The quantitative estimate of drug-likeness (QED) is 0.663. The van der Waals surface area contributed by atoms with E-state index in [1.54, 1.807) is 0 Å². The van der Waals surface area contributed by atoms with E-state index in [0.29, 0.717) is 25.4 Å². The third kappa shape index (κ3) is 3.97. The molecule has 5 aliphatic rings. The number of fused-ring (bicyclic) bond motifs is 6. The number of piperidine rings is 2. The highest BCUT2D eigenvalue weighted by Crippen LogP contribution is 2.46. The maximum absolute atomic E-state index is 13.1. The molecule has 2 aromatic carbocycles. The van der Waals surface area contributed by atoms with Gasteiger partial charge in [0.25, 0.3) is 0 Å². The van der Waals surface area contributed by atoms with Crippen molar-refractivity contribution in [1.29, 1.82) is 0 Å². The van der Waals surface area contributed by atoms with Crippen molar-refractivity contribution in [3.63, 3.8) is 0 Å². The molecule has 3 aliphatic carbocycles. The van der Waals surface area contributed by atoms with Crippen molar-refractivity contribution < 1.29 is 24.2 Å². The number of carbonyl (C=O) groups excluding carboxylic acids is 2. The van der Waals surface area contributed by atoms with E-state index in [-0.39, 0.29) is 36.3 Å². The van der Waals surface area contributed by atoms with Gasteiger partial charge in [0.05, 0.1) is 5.92 Å². The van der Waals surface area contributed by atoms with Crippen LogP contribution < -0.4 is 5.32 Å². The number of carboxylic acid groups (broad SMARTS) is 1. The van der Waals surface area contributed by atoms with Crippen molar-refractivity contribution in [3.05, 3.63) is 59.7 Å². The Morgan fingerprint density at radius 2 is 1.63 bits per heavy atom. The molecule has 2 aromatic rings. The molecule has 7 rings (SSSR count). The minimum atomic E-state index is -0.790. The van der Waals surface area contributed by atoms with Gasteiger partial charge >= 0.3 is 12.1 Å². The van der Waals surface area contributed by atoms with Gasteiger partial charge < -0.3 is 20.1 Å². The number of hydrogen-bond donors (Lipinski definition) is 2. The molecule has 2 N–H and O–H groups in total. The van der Waals surface area contributed by atoms with Crippen molar-refractivity contribution in [2.45, 2.75) is 37.6 Å². The van der Waals surface area contributed by atoms with Gasteiger partial charge in [-0.05, 0) is 59.8 Å². The molecule has 5 atom stereocenters. The molecule has 2 saturated carbocycles. The van der Waals surface area contributed by atoms with Crippen LogP contribution in [0.25, 0.3) is 11.1 Å². The molecule has 0 radical (unpaired) electrons. The zero-order valence-electron chi connectivity index (χ0n) is 19.6. The van der Waals surface area contributed by atoms with Crippen molar-refractivity contribution in [2.24, 2.45) is 23.7 Å². The Bertz CT molecular complexity index is 1130. The highest BCUT2D eigenvalue weighted by atomic mass is 16.5. The van der Waals surface area contributed by atoms with E-state index in [4.69, 9.17) is 4.74 Å². The molecule has 0 spiro atoms. The van der Waals surface area contributed by atoms with Crippen LogP contribution in [0, 0.1) is 23.7 Å². The summed E-state index contributed by atoms with van der Waals surface area (Å²) in [5.41, 5.74) is 4.72. The molecule has 2 bridgehead atoms. The van der Waals surface area contributed by atoms with Crippen LogP contribution in [0.15, 0.2) is 48.5 Å². The lowest BCUT2D eigenvalue weighted by molar-refractivity contribution is -0.156. The van der Waals surface area contributed by atoms with Gasteiger partial charge in [-0.3, -0.25) is 9.59 Å². The van der Waals surface area contributed by atoms with Crippen LogP contribution in [0.3, 0.4) is 0 Å². The standard InChI is InChI=1S/C28H30N2O5/c31-26(30-14-16-9-10-25(30)23(11-16)27(32)33)22-12-17(22)13-29-28(34)35-15-24-20-7-3-1-5-18(20)19-6-2-4-8-21(19)24/h1-8,16-17,22-25H,9-15H2,(H,29,34)(H,32,33)/t16?,17-,22-,23?,25?/m1/s1. The number of amides is 2. The van der Waals surface area contributed by atoms with Crippen LogP contribution in [0.5, 0.6) is 0 Å². The van der Waals surface area contributed by atoms with Gasteiger partial charge in [0.2, 0.25) is 5.91 Å². The SMILES string of the molecule is O=C(NC[C@H]1C[C@H]1C(=O)N1CC2CCC1C(C(=O)O)C2)OCC1c2ccccc2-c2ccccc21. The van der Waals surface area contributed by atoms with E-state index in [2.05, 4.69) is 29.6 Å². The van der Waals surface area contributed by atoms with Crippen molar-refractivity contribution >= 4 is 18.0 Å². The van der Waals surface area contributed by atoms with Gasteiger partial charge in [-0.2, -0.15) is 0 Å². The molecule has 7 nitrogen and oxygen atoms in total. The summed E-state index contributed by atoms with van der Waals surface area (Å²) in [7, 11) is 0. The summed E-state index contributed by atoms with van der Waals surface area (Å²) in [5.74, 6) is -0.903. The number of carbonyl (C=O) groups is 3. The first-order valence-corrected chi connectivity index (χ1v) is 12.6. The second kappa shape index (κ2) is 8.70. The first kappa shape index (κ1) is 22.1. The van der Waals surface area contributed by atoms with Crippen LogP contribution in [0.4, 0.5) is 4.79 Å². The van der Waals surface area contributed by atoms with Crippen molar-refractivity contribution in [2.75, 3.05) is 19.7 Å². The molecule has 4 fully saturated rings. The van der Waals surface area contributed by atoms with E-state index < -0.39 is 18.0 Å². The molecule has 2 saturated heterocycles. The molecule has 2 amide bonds. The molecule has 0 aromatic heterocycles. The Morgan fingerprint density at radius 3 is 2.29 bits per heavy atom. The summed E-state index contributed by atoms with van der Waals surface area (Å²) in [6.45, 7) is 1.34. The topological polar surface area (TPSA) is 95.9 Å². The molecule has 35 heavy (non-hydrogen) atoms. The van der Waals surface area contributed by atoms with Gasteiger partial charge in [-0.1, -0.05) is 48.5 Å². The fourth-order valence-corrected chi connectivity index (χ4v) is 6.57. The number of aliphatic carboxylic acids is 1. The second-order valence-corrected chi connectivity index (χ2v) is 10.5. The van der Waals surface area contributed by atoms with Crippen LogP contribution in [-0.4, -0.2) is 53.7 Å². The predicted molar refractivity (Wildman–Crippen MR) is 129 cm³/mol. The van der Waals surface area contributed by atoms with Gasteiger partial charge in [0, 0.05) is 31.0 Å². The predicted octanol–water partition coefficient (Wildman–Crippen LogP) is 3.87. The third-order valence-electron chi connectivity index (χ3n) is 8.47. The molecule has 3 unspecified atom stereocenters. The van der Waals surface area contributed by atoms with Crippen molar-refractivity contribution in [1.82, 2.24) is 10.2 Å². The first-order chi connectivity index (χ1) is 17.0. The van der Waals surface area contributed by atoms with E-state index in [1.807, 2.05) is 29.2 Å². The fourth-order valence-electron chi connectivity index (χ4n) is 6.57.